The molecule has 0 rings (SSSR count). The Morgan fingerprint density at radius 2 is 2.00 bits per heavy atom. The molecule has 0 spiro atoms. The number of carboxylic acid groups (broad SMARTS) is 1. The molecule has 1 N–H and O–H groups in total. The number of rotatable bonds is 1. The molecule has 0 aromatic carbocycles. The van der Waals surface area contributed by atoms with Gasteiger partial charge in [-0.2, -0.15) is 0 Å². The minimum absolute atomic E-state index is 0. The molecule has 8 heavy (non-hydrogen) atoms. The van der Waals surface area contributed by atoms with E-state index in [1.807, 2.05) is 0 Å². The van der Waals surface area contributed by atoms with E-state index < -0.39 is 5.97 Å². The van der Waals surface area contributed by atoms with Gasteiger partial charge < -0.3 is 6.53 Å². The molecule has 0 bridgehead atoms. The van der Waals surface area contributed by atoms with Crippen LogP contribution in [0.1, 0.15) is 8.35 Å². The van der Waals surface area contributed by atoms with Gasteiger partial charge in [0.05, 0.1) is 0 Å². The van der Waals surface area contributed by atoms with Crippen molar-refractivity contribution in [2.24, 2.45) is 0 Å². The molecule has 0 aliphatic carbocycles. The van der Waals surface area contributed by atoms with Crippen molar-refractivity contribution in [2.45, 2.75) is 6.92 Å². The van der Waals surface area contributed by atoms with E-state index in [9.17, 15) is 4.79 Å². The second-order valence-electron chi connectivity index (χ2n) is 1.09. The van der Waals surface area contributed by atoms with Crippen LogP contribution in [0.2, 0.25) is 0 Å². The van der Waals surface area contributed by atoms with Gasteiger partial charge in [-0.1, -0.05) is 6.58 Å². The van der Waals surface area contributed by atoms with Gasteiger partial charge >= 0.3 is 60.3 Å². The summed E-state index contributed by atoms with van der Waals surface area (Å²) in [5.74, 6) is -0.935. The van der Waals surface area contributed by atoms with E-state index >= 15 is 0 Å². The zero-order chi connectivity index (χ0) is 7.15. The monoisotopic (exact) mass is 248 g/mol. The molecule has 0 aromatic heterocycles. The van der Waals surface area contributed by atoms with Crippen molar-refractivity contribution < 1.29 is 11.3 Å². The van der Waals surface area contributed by atoms with Crippen molar-refractivity contribution in [3.05, 3.63) is 12.2 Å². The molecule has 38 valence electrons. The summed E-state index contributed by atoms with van der Waals surface area (Å²) in [5, 5.41) is 7.89. The molecule has 0 aliphatic heterocycles. The Balaban J connectivity index is -0.000000109. The first kappa shape index (κ1) is 12.5. The summed E-state index contributed by atoms with van der Waals surface area (Å²) in [5.41, 5.74) is 0.176. The average molecular weight is 247 g/mol. The van der Waals surface area contributed by atoms with Gasteiger partial charge in [0, 0.05) is 5.57 Å². The van der Waals surface area contributed by atoms with Gasteiger partial charge in [0.25, 0.3) is 0 Å². The van der Waals surface area contributed by atoms with Crippen molar-refractivity contribution in [1.29, 1.82) is 0 Å². The van der Waals surface area contributed by atoms with Gasteiger partial charge in [-0.15, -0.1) is 0 Å². The molecule has 0 saturated carbocycles. The van der Waals surface area contributed by atoms with E-state index in [1.54, 1.807) is 0 Å². The molecule has 4 heteroatoms. The fourth-order valence-corrected chi connectivity index (χ4v) is 0. The van der Waals surface area contributed by atoms with Crippen LogP contribution >= 0.6 is 0 Å². The summed E-state index contributed by atoms with van der Waals surface area (Å²) >= 11 is 2.67. The van der Waals surface area contributed by atoms with Crippen LogP contribution in [0.3, 0.4) is 0 Å². The van der Waals surface area contributed by atoms with Crippen LogP contribution in [0.25, 0.3) is 0 Å². The molecule has 2 nitrogen and oxygen atoms in total. The fraction of sp³-hybridized carbons (Fsp3) is 0.250. The van der Waals surface area contributed by atoms with E-state index in [2.05, 4.69) is 6.58 Å². The third kappa shape index (κ3) is 10.7. The Bertz CT molecular complexity index is 84.6. The third-order valence-corrected chi connectivity index (χ3v) is 0.365. The van der Waals surface area contributed by atoms with E-state index in [0.29, 0.717) is 0 Å². The number of carbonyl (C=O) groups is 1. The van der Waals surface area contributed by atoms with Crippen LogP contribution < -0.4 is 0 Å². The van der Waals surface area contributed by atoms with Crippen LogP contribution in [0.5, 0.6) is 0 Å². The minimum atomic E-state index is -0.935. The molecular formula is C4H7BaNaO2. The van der Waals surface area contributed by atoms with Crippen LogP contribution in [-0.4, -0.2) is 65.4 Å². The van der Waals surface area contributed by atoms with Crippen LogP contribution in [0.4, 0.5) is 0 Å². The van der Waals surface area contributed by atoms with E-state index in [-0.39, 0.29) is 7.00 Å². The van der Waals surface area contributed by atoms with Gasteiger partial charge in [-0.25, -0.2) is 4.79 Å². The van der Waals surface area contributed by atoms with E-state index in [4.69, 9.17) is 5.11 Å². The molecule has 0 saturated heterocycles. The second kappa shape index (κ2) is 8.78. The Morgan fingerprint density at radius 1 is 1.88 bits per heavy atom. The van der Waals surface area contributed by atoms with E-state index in [0.717, 1.165) is 0 Å². The summed E-state index contributed by atoms with van der Waals surface area (Å²) in [6.07, 6.45) is 0. The van der Waals surface area contributed by atoms with Crippen molar-refractivity contribution >= 4 is 60.3 Å². The van der Waals surface area contributed by atoms with Crippen molar-refractivity contribution in [3.63, 3.8) is 0 Å². The van der Waals surface area contributed by atoms with Crippen LogP contribution in [-0.2, 0) is 4.79 Å². The van der Waals surface area contributed by atoms with Crippen molar-refractivity contribution in [2.75, 3.05) is 0 Å². The summed E-state index contributed by atoms with van der Waals surface area (Å²) < 4.78 is 0. The molecule has 0 heterocycles. The third-order valence-electron chi connectivity index (χ3n) is 0.365. The summed E-state index contributed by atoms with van der Waals surface area (Å²) in [4.78, 5) is 9.60. The standard InChI is InChI=1S/C4H6O2.Ba.Na.H/c1-3(2)4(5)6;;;/h1H2,2H3,(H,5,6);;;/q;+1;;-1. The Morgan fingerprint density at radius 3 is 2.00 bits per heavy atom. The predicted molar refractivity (Wildman–Crippen MR) is 35.1 cm³/mol. The van der Waals surface area contributed by atoms with Gasteiger partial charge in [-0.3, -0.25) is 0 Å². The van der Waals surface area contributed by atoms with Crippen molar-refractivity contribution in [3.8, 4) is 0 Å². The predicted octanol–water partition coefficient (Wildman–Crippen LogP) is -0.00200. The first-order valence-electron chi connectivity index (χ1n) is 2.24. The van der Waals surface area contributed by atoms with E-state index in [1.165, 1.54) is 61.2 Å². The Hall–Kier alpha value is 1.78. The molecule has 0 atom stereocenters. The first-order valence-corrected chi connectivity index (χ1v) is 17.0. The molecule has 0 aromatic rings. The fourth-order valence-electron chi connectivity index (χ4n) is 0. The Labute approximate surface area is 88.4 Å². The molecule has 0 radical (unpaired) electrons. The van der Waals surface area contributed by atoms with Crippen LogP contribution in [0, 0.1) is 0 Å². The summed E-state index contributed by atoms with van der Waals surface area (Å²) in [6.45, 7) is 4.60. The zero-order valence-electron chi connectivity index (χ0n) is 6.27. The Kier molecular flexibility index (Phi) is 13.7. The molecule has 0 amide bonds. The maximum absolute atomic E-state index is 9.60. The SMILES string of the molecule is C=C(C)C(=O)O.[H-].[Na][Ba+]. The van der Waals surface area contributed by atoms with Gasteiger partial charge in [0.1, 0.15) is 0 Å². The number of hydrogen-bond donors (Lipinski definition) is 1. The maximum atomic E-state index is 9.60. The molecule has 0 fully saturated rings. The first-order chi connectivity index (χ1) is 3.64. The normalized spacial score (nSPS) is 6.62. The number of aliphatic carboxylic acids is 1. The summed E-state index contributed by atoms with van der Waals surface area (Å²) in [7, 11) is 0. The molecule has 0 unspecified atom stereocenters. The second-order valence-corrected chi connectivity index (χ2v) is 1.09. The van der Waals surface area contributed by atoms with Gasteiger partial charge in [-0.05, 0) is 6.92 Å². The van der Waals surface area contributed by atoms with Crippen LogP contribution in [0.15, 0.2) is 12.2 Å². The van der Waals surface area contributed by atoms with Gasteiger partial charge in [0.2, 0.25) is 0 Å². The average Bonchev–Trinajstić information content (AvgIpc) is 1.72. The quantitative estimate of drug-likeness (QED) is 0.523. The number of carboxylic acids is 1. The summed E-state index contributed by atoms with van der Waals surface area (Å²) in [6, 6.07) is 0. The molecular weight excluding hydrogens is 240 g/mol. The topological polar surface area (TPSA) is 37.3 Å². The molecule has 0 aliphatic rings. The zero-order valence-corrected chi connectivity index (χ0v) is 11.7. The van der Waals surface area contributed by atoms with Crippen molar-refractivity contribution in [1.82, 2.24) is 0 Å². The van der Waals surface area contributed by atoms with Gasteiger partial charge in [0.15, 0.2) is 0 Å². The number of hydrogen-bond acceptors (Lipinski definition) is 1.